The number of thioether (sulfide) groups is 1. The van der Waals surface area contributed by atoms with E-state index in [-0.39, 0.29) is 12.4 Å². The fourth-order valence-electron chi connectivity index (χ4n) is 2.25. The van der Waals surface area contributed by atoms with Crippen LogP contribution in [-0.2, 0) is 14.3 Å². The third-order valence-electron chi connectivity index (χ3n) is 2.78. The Morgan fingerprint density at radius 3 is 2.21 bits per heavy atom. The lowest BCUT2D eigenvalue weighted by Crippen LogP contribution is -2.48. The molecule has 0 amide bonds. The molecule has 0 aliphatic carbocycles. The van der Waals surface area contributed by atoms with Gasteiger partial charge < -0.3 is 9.84 Å². The van der Waals surface area contributed by atoms with Gasteiger partial charge in [-0.15, -0.1) is 11.8 Å². The van der Waals surface area contributed by atoms with Crippen LogP contribution < -0.4 is 5.32 Å². The number of rotatable bonds is 3. The van der Waals surface area contributed by atoms with E-state index in [0.29, 0.717) is 0 Å². The van der Waals surface area contributed by atoms with Gasteiger partial charge in [-0.25, -0.2) is 0 Å². The zero-order chi connectivity index (χ0) is 15.1. The first-order valence-electron chi connectivity index (χ1n) is 6.27. The molecule has 6 heteroatoms. The van der Waals surface area contributed by atoms with Crippen LogP contribution in [0.4, 0.5) is 0 Å². The quantitative estimate of drug-likeness (QED) is 0.774. The Kier molecular flexibility index (Phi) is 4.27. The topological polar surface area (TPSA) is 75.6 Å². The summed E-state index contributed by atoms with van der Waals surface area (Å²) < 4.78 is 4.82. The number of carbonyl (C=O) groups excluding carboxylic acids is 1. The molecule has 19 heavy (non-hydrogen) atoms. The summed E-state index contributed by atoms with van der Waals surface area (Å²) in [6.07, 6.45) is 0.141. The second-order valence-electron chi connectivity index (χ2n) is 6.62. The highest BCUT2D eigenvalue weighted by molar-refractivity contribution is 8.02. The summed E-state index contributed by atoms with van der Waals surface area (Å²) in [7, 11) is 0. The number of carbonyl (C=O) groups is 2. The highest BCUT2D eigenvalue weighted by Crippen LogP contribution is 2.46. The van der Waals surface area contributed by atoms with Crippen LogP contribution in [0.3, 0.4) is 0 Å². The van der Waals surface area contributed by atoms with E-state index in [1.807, 2.05) is 41.5 Å². The van der Waals surface area contributed by atoms with Gasteiger partial charge in [-0.05, 0) is 41.5 Å². The van der Waals surface area contributed by atoms with E-state index < -0.39 is 27.2 Å². The minimum atomic E-state index is -0.898. The molecule has 0 aromatic rings. The standard InChI is InChI=1S/C13H23NO4S/c1-11(2,3)18-8(15)7-13(6)14-9(10(16)17)12(4,5)19-13/h9,14H,7H2,1-6H3,(H,16,17)/t9-,13+/m0/s1. The van der Waals surface area contributed by atoms with Crippen LogP contribution in [0.5, 0.6) is 0 Å². The molecule has 1 fully saturated rings. The van der Waals surface area contributed by atoms with Gasteiger partial charge in [0.15, 0.2) is 0 Å². The number of hydrogen-bond donors (Lipinski definition) is 2. The summed E-state index contributed by atoms with van der Waals surface area (Å²) in [5.41, 5.74) is -0.529. The lowest BCUT2D eigenvalue weighted by Gasteiger charge is -2.27. The van der Waals surface area contributed by atoms with Crippen molar-refractivity contribution >= 4 is 23.7 Å². The van der Waals surface area contributed by atoms with Gasteiger partial charge in [0.05, 0.1) is 11.3 Å². The first kappa shape index (κ1) is 16.3. The number of hydrogen-bond acceptors (Lipinski definition) is 5. The summed E-state index contributed by atoms with van der Waals surface area (Å²) in [6, 6.07) is -0.676. The van der Waals surface area contributed by atoms with Crippen molar-refractivity contribution < 1.29 is 19.4 Å². The molecular weight excluding hydrogens is 266 g/mol. The van der Waals surface area contributed by atoms with E-state index >= 15 is 0 Å². The molecule has 0 aromatic heterocycles. The Bertz CT molecular complexity index is 389. The van der Waals surface area contributed by atoms with E-state index in [2.05, 4.69) is 5.32 Å². The van der Waals surface area contributed by atoms with Gasteiger partial charge in [-0.3, -0.25) is 14.9 Å². The van der Waals surface area contributed by atoms with E-state index in [4.69, 9.17) is 4.74 Å². The van der Waals surface area contributed by atoms with Gasteiger partial charge in [0.1, 0.15) is 11.6 Å². The van der Waals surface area contributed by atoms with E-state index in [1.54, 1.807) is 0 Å². The van der Waals surface area contributed by atoms with Gasteiger partial charge in [-0.2, -0.15) is 0 Å². The van der Waals surface area contributed by atoms with Crippen LogP contribution in [0.15, 0.2) is 0 Å². The molecule has 5 nitrogen and oxygen atoms in total. The van der Waals surface area contributed by atoms with E-state index in [0.717, 1.165) is 0 Å². The largest absolute Gasteiger partial charge is 0.480 e. The number of carboxylic acids is 1. The van der Waals surface area contributed by atoms with Gasteiger partial charge in [0.25, 0.3) is 0 Å². The molecular formula is C13H23NO4S. The molecule has 0 bridgehead atoms. The molecule has 2 N–H and O–H groups in total. The minimum Gasteiger partial charge on any atom is -0.480 e. The average Bonchev–Trinajstić information content (AvgIpc) is 2.31. The Labute approximate surface area is 118 Å². The fourth-order valence-corrected chi connectivity index (χ4v) is 4.05. The second kappa shape index (κ2) is 4.98. The van der Waals surface area contributed by atoms with Crippen molar-refractivity contribution in [1.29, 1.82) is 0 Å². The molecule has 1 aliphatic rings. The predicted octanol–water partition coefficient (Wildman–Crippen LogP) is 2.00. The van der Waals surface area contributed by atoms with Crippen LogP contribution in [0.1, 0.15) is 48.0 Å². The number of aliphatic carboxylic acids is 1. The molecule has 0 saturated carbocycles. The Balaban J connectivity index is 2.74. The second-order valence-corrected chi connectivity index (χ2v) is 8.77. The summed E-state index contributed by atoms with van der Waals surface area (Å²) in [6.45, 7) is 11.0. The van der Waals surface area contributed by atoms with Gasteiger partial charge in [-0.1, -0.05) is 0 Å². The Morgan fingerprint density at radius 1 is 1.32 bits per heavy atom. The summed E-state index contributed by atoms with van der Waals surface area (Å²) in [4.78, 5) is 22.5. The summed E-state index contributed by atoms with van der Waals surface area (Å²) in [5, 5.41) is 12.2. The minimum absolute atomic E-state index is 0.141. The fraction of sp³-hybridized carbons (Fsp3) is 0.846. The molecule has 1 rings (SSSR count). The zero-order valence-corrected chi connectivity index (χ0v) is 13.2. The molecule has 2 atom stereocenters. The van der Waals surface area contributed by atoms with E-state index in [1.165, 1.54) is 11.8 Å². The number of nitrogens with one attached hydrogen (secondary N) is 1. The lowest BCUT2D eigenvalue weighted by atomic mass is 10.0. The van der Waals surface area contributed by atoms with Gasteiger partial charge >= 0.3 is 11.9 Å². The SMILES string of the molecule is CC(C)(C)OC(=O)C[C@]1(C)N[C@@H](C(=O)O)C(C)(C)S1. The Hall–Kier alpha value is -0.750. The first-order chi connectivity index (χ1) is 8.35. The van der Waals surface area contributed by atoms with Crippen molar-refractivity contribution in [2.24, 2.45) is 0 Å². The Morgan fingerprint density at radius 2 is 1.84 bits per heavy atom. The summed E-state index contributed by atoms with van der Waals surface area (Å²) in [5.74, 6) is -1.22. The maximum atomic E-state index is 11.9. The van der Waals surface area contributed by atoms with E-state index in [9.17, 15) is 14.7 Å². The maximum Gasteiger partial charge on any atom is 0.322 e. The van der Waals surface area contributed by atoms with Crippen LogP contribution in [0.25, 0.3) is 0 Å². The molecule has 1 aliphatic heterocycles. The number of carboxylic acid groups (broad SMARTS) is 1. The highest BCUT2D eigenvalue weighted by atomic mass is 32.2. The van der Waals surface area contributed by atoms with Gasteiger partial charge in [0, 0.05) is 4.75 Å². The molecule has 0 spiro atoms. The summed E-state index contributed by atoms with van der Waals surface area (Å²) >= 11 is 1.47. The van der Waals surface area contributed by atoms with Crippen molar-refractivity contribution in [2.75, 3.05) is 0 Å². The highest BCUT2D eigenvalue weighted by Gasteiger charge is 2.51. The third-order valence-corrected chi connectivity index (χ3v) is 4.26. The molecule has 1 saturated heterocycles. The van der Waals surface area contributed by atoms with Crippen LogP contribution >= 0.6 is 11.8 Å². The molecule has 0 unspecified atom stereocenters. The third kappa shape index (κ3) is 4.38. The van der Waals surface area contributed by atoms with Crippen LogP contribution in [0, 0.1) is 0 Å². The molecule has 0 radical (unpaired) electrons. The lowest BCUT2D eigenvalue weighted by molar-refractivity contribution is -0.156. The average molecular weight is 289 g/mol. The number of esters is 1. The monoisotopic (exact) mass is 289 g/mol. The molecule has 1 heterocycles. The number of ether oxygens (including phenoxy) is 1. The van der Waals surface area contributed by atoms with Crippen molar-refractivity contribution in [3.63, 3.8) is 0 Å². The molecule has 0 aromatic carbocycles. The maximum absolute atomic E-state index is 11.9. The first-order valence-corrected chi connectivity index (χ1v) is 7.09. The van der Waals surface area contributed by atoms with Gasteiger partial charge in [0.2, 0.25) is 0 Å². The van der Waals surface area contributed by atoms with Crippen LogP contribution in [0.2, 0.25) is 0 Å². The van der Waals surface area contributed by atoms with Crippen LogP contribution in [-0.4, -0.2) is 38.3 Å². The van der Waals surface area contributed by atoms with Crippen molar-refractivity contribution in [3.05, 3.63) is 0 Å². The van der Waals surface area contributed by atoms with Crippen molar-refractivity contribution in [3.8, 4) is 0 Å². The molecule has 110 valence electrons. The van der Waals surface area contributed by atoms with Crippen molar-refractivity contribution in [2.45, 2.75) is 69.2 Å². The zero-order valence-electron chi connectivity index (χ0n) is 12.4. The normalized spacial score (nSPS) is 30.1. The smallest absolute Gasteiger partial charge is 0.322 e. The van der Waals surface area contributed by atoms with Crippen molar-refractivity contribution in [1.82, 2.24) is 5.32 Å². The predicted molar refractivity (Wildman–Crippen MR) is 75.1 cm³/mol.